The van der Waals surface area contributed by atoms with Gasteiger partial charge >= 0.3 is 0 Å². The molecule has 0 bridgehead atoms. The van der Waals surface area contributed by atoms with Gasteiger partial charge in [-0.3, -0.25) is 4.98 Å². The van der Waals surface area contributed by atoms with E-state index in [4.69, 9.17) is 0 Å². The van der Waals surface area contributed by atoms with Crippen LogP contribution in [0.1, 0.15) is 31.1 Å². The van der Waals surface area contributed by atoms with Gasteiger partial charge in [0.25, 0.3) is 0 Å². The summed E-state index contributed by atoms with van der Waals surface area (Å²) in [5, 5.41) is 9.62. The largest absolute Gasteiger partial charge is 0.387 e. The summed E-state index contributed by atoms with van der Waals surface area (Å²) in [6.07, 6.45) is 4.69. The van der Waals surface area contributed by atoms with Crippen molar-refractivity contribution in [3.05, 3.63) is 42.5 Å². The molecule has 1 aromatic rings. The number of aliphatic hydroxyl groups is 1. The fourth-order valence-electron chi connectivity index (χ4n) is 1.19. The van der Waals surface area contributed by atoms with Crippen molar-refractivity contribution in [2.24, 2.45) is 0 Å². The van der Waals surface area contributed by atoms with Crippen LogP contribution in [0.4, 0.5) is 4.39 Å². The van der Waals surface area contributed by atoms with Gasteiger partial charge in [0, 0.05) is 0 Å². The Balaban J connectivity index is 2.47. The van der Waals surface area contributed by atoms with Crippen LogP contribution in [-0.2, 0) is 0 Å². The van der Waals surface area contributed by atoms with Crippen LogP contribution in [-0.4, -0.2) is 10.1 Å². The van der Waals surface area contributed by atoms with Gasteiger partial charge in [-0.2, -0.15) is 0 Å². The van der Waals surface area contributed by atoms with Crippen molar-refractivity contribution < 1.29 is 9.50 Å². The summed E-state index contributed by atoms with van der Waals surface area (Å²) in [4.78, 5) is 3.81. The van der Waals surface area contributed by atoms with E-state index >= 15 is 0 Å². The summed E-state index contributed by atoms with van der Waals surface area (Å²) < 4.78 is 12.5. The van der Waals surface area contributed by atoms with Gasteiger partial charge in [0.05, 0.1) is 18.0 Å². The lowest BCUT2D eigenvalue weighted by atomic mass is 10.1. The average Bonchev–Trinajstić information content (AvgIpc) is 2.19. The van der Waals surface area contributed by atoms with E-state index in [-0.39, 0.29) is 5.82 Å². The molecule has 1 rings (SSSR count). The van der Waals surface area contributed by atoms with Crippen molar-refractivity contribution in [1.82, 2.24) is 4.98 Å². The molecule has 0 saturated carbocycles. The number of nitrogens with zero attached hydrogens (tertiary/aromatic N) is 1. The standard InChI is InChI=1S/C11H14FNO/c1-2-3-4-5-11(14)10-7-6-9(12)8-13-10/h2,6-8,11,14H,1,3-5H2. The normalized spacial score (nSPS) is 12.4. The molecule has 0 spiro atoms. The van der Waals surface area contributed by atoms with Crippen LogP contribution < -0.4 is 0 Å². The van der Waals surface area contributed by atoms with E-state index in [1.54, 1.807) is 0 Å². The predicted molar refractivity (Wildman–Crippen MR) is 53.2 cm³/mol. The highest BCUT2D eigenvalue weighted by atomic mass is 19.1. The second-order valence-corrected chi connectivity index (χ2v) is 3.14. The molecule has 3 heteroatoms. The Morgan fingerprint density at radius 2 is 2.36 bits per heavy atom. The molecule has 0 aliphatic heterocycles. The minimum absolute atomic E-state index is 0.382. The molecular formula is C11H14FNO. The number of unbranched alkanes of at least 4 members (excludes halogenated alkanes) is 1. The van der Waals surface area contributed by atoms with Crippen molar-refractivity contribution in [3.8, 4) is 0 Å². The number of halogens is 1. The lowest BCUT2D eigenvalue weighted by Gasteiger charge is -2.08. The van der Waals surface area contributed by atoms with Crippen LogP contribution in [0.25, 0.3) is 0 Å². The molecule has 1 aromatic heterocycles. The third kappa shape index (κ3) is 3.26. The van der Waals surface area contributed by atoms with Crippen LogP contribution in [0.3, 0.4) is 0 Å². The first-order chi connectivity index (χ1) is 6.74. The first-order valence-electron chi connectivity index (χ1n) is 4.64. The number of hydrogen-bond donors (Lipinski definition) is 1. The van der Waals surface area contributed by atoms with Gasteiger partial charge in [-0.25, -0.2) is 4.39 Å². The van der Waals surface area contributed by atoms with E-state index in [1.807, 2.05) is 6.08 Å². The van der Waals surface area contributed by atoms with Gasteiger partial charge in [-0.1, -0.05) is 6.08 Å². The number of aromatic nitrogens is 1. The third-order valence-corrected chi connectivity index (χ3v) is 1.98. The number of pyridine rings is 1. The Bertz CT molecular complexity index is 284. The number of hydrogen-bond acceptors (Lipinski definition) is 2. The van der Waals surface area contributed by atoms with Crippen molar-refractivity contribution >= 4 is 0 Å². The minimum atomic E-state index is -0.601. The molecular weight excluding hydrogens is 181 g/mol. The molecule has 0 amide bonds. The molecule has 1 atom stereocenters. The fraction of sp³-hybridized carbons (Fsp3) is 0.364. The Morgan fingerprint density at radius 1 is 1.57 bits per heavy atom. The van der Waals surface area contributed by atoms with Gasteiger partial charge in [0.1, 0.15) is 5.82 Å². The van der Waals surface area contributed by atoms with Crippen LogP contribution in [0, 0.1) is 5.82 Å². The van der Waals surface area contributed by atoms with Crippen molar-refractivity contribution in [1.29, 1.82) is 0 Å². The summed E-state index contributed by atoms with van der Waals surface area (Å²) in [5.41, 5.74) is 0.524. The molecule has 1 unspecified atom stereocenters. The monoisotopic (exact) mass is 195 g/mol. The molecule has 2 nitrogen and oxygen atoms in total. The van der Waals surface area contributed by atoms with Crippen LogP contribution in [0.15, 0.2) is 31.0 Å². The molecule has 0 aromatic carbocycles. The van der Waals surface area contributed by atoms with E-state index in [9.17, 15) is 9.50 Å². The molecule has 1 heterocycles. The molecule has 0 saturated heterocycles. The molecule has 0 radical (unpaired) electrons. The summed E-state index contributed by atoms with van der Waals surface area (Å²) >= 11 is 0. The smallest absolute Gasteiger partial charge is 0.141 e. The fourth-order valence-corrected chi connectivity index (χ4v) is 1.19. The maximum atomic E-state index is 12.5. The van der Waals surface area contributed by atoms with Crippen LogP contribution in [0.5, 0.6) is 0 Å². The average molecular weight is 195 g/mol. The molecule has 0 fully saturated rings. The van der Waals surface area contributed by atoms with Gasteiger partial charge in [0.2, 0.25) is 0 Å². The first kappa shape index (κ1) is 10.9. The van der Waals surface area contributed by atoms with Gasteiger partial charge in [0.15, 0.2) is 0 Å². The van der Waals surface area contributed by atoms with Crippen molar-refractivity contribution in [2.45, 2.75) is 25.4 Å². The highest BCUT2D eigenvalue weighted by Gasteiger charge is 2.07. The number of rotatable bonds is 5. The molecule has 1 N–H and O–H groups in total. The Labute approximate surface area is 83.1 Å². The topological polar surface area (TPSA) is 33.1 Å². The zero-order valence-electron chi connectivity index (χ0n) is 7.99. The van der Waals surface area contributed by atoms with E-state index in [1.165, 1.54) is 12.1 Å². The zero-order chi connectivity index (χ0) is 10.4. The molecule has 14 heavy (non-hydrogen) atoms. The highest BCUT2D eigenvalue weighted by Crippen LogP contribution is 2.16. The SMILES string of the molecule is C=CCCCC(O)c1ccc(F)cn1. The molecule has 76 valence electrons. The quantitative estimate of drug-likeness (QED) is 0.578. The number of allylic oxidation sites excluding steroid dienone is 1. The second-order valence-electron chi connectivity index (χ2n) is 3.14. The molecule has 0 aliphatic carbocycles. The third-order valence-electron chi connectivity index (χ3n) is 1.98. The van der Waals surface area contributed by atoms with Gasteiger partial charge < -0.3 is 5.11 Å². The summed E-state index contributed by atoms with van der Waals surface area (Å²) in [6, 6.07) is 2.81. The van der Waals surface area contributed by atoms with E-state index in [0.717, 1.165) is 19.0 Å². The van der Waals surface area contributed by atoms with Crippen LogP contribution in [0.2, 0.25) is 0 Å². The highest BCUT2D eigenvalue weighted by molar-refractivity contribution is 5.07. The van der Waals surface area contributed by atoms with E-state index in [0.29, 0.717) is 12.1 Å². The van der Waals surface area contributed by atoms with Gasteiger partial charge in [-0.05, 0) is 31.4 Å². The van der Waals surface area contributed by atoms with Crippen LogP contribution >= 0.6 is 0 Å². The summed E-state index contributed by atoms with van der Waals surface area (Å²) in [6.45, 7) is 3.60. The summed E-state index contributed by atoms with van der Waals surface area (Å²) in [7, 11) is 0. The lowest BCUT2D eigenvalue weighted by molar-refractivity contribution is 0.160. The van der Waals surface area contributed by atoms with Crippen molar-refractivity contribution in [2.75, 3.05) is 0 Å². The summed E-state index contributed by atoms with van der Waals surface area (Å²) in [5.74, 6) is -0.382. The number of aliphatic hydroxyl groups excluding tert-OH is 1. The Morgan fingerprint density at radius 3 is 2.93 bits per heavy atom. The zero-order valence-corrected chi connectivity index (χ0v) is 7.99. The maximum Gasteiger partial charge on any atom is 0.141 e. The Kier molecular flexibility index (Phi) is 4.26. The lowest BCUT2D eigenvalue weighted by Crippen LogP contribution is -2.00. The van der Waals surface area contributed by atoms with Gasteiger partial charge in [-0.15, -0.1) is 6.58 Å². The van der Waals surface area contributed by atoms with E-state index in [2.05, 4.69) is 11.6 Å². The first-order valence-corrected chi connectivity index (χ1v) is 4.64. The van der Waals surface area contributed by atoms with E-state index < -0.39 is 6.10 Å². The minimum Gasteiger partial charge on any atom is -0.387 e. The van der Waals surface area contributed by atoms with Crippen molar-refractivity contribution in [3.63, 3.8) is 0 Å². The maximum absolute atomic E-state index is 12.5. The predicted octanol–water partition coefficient (Wildman–Crippen LogP) is 2.61. The molecule has 0 aliphatic rings. The second kappa shape index (κ2) is 5.50. The Hall–Kier alpha value is -1.22.